The van der Waals surface area contributed by atoms with E-state index in [9.17, 15) is 4.39 Å². The summed E-state index contributed by atoms with van der Waals surface area (Å²) in [5, 5.41) is 5.67. The number of aromatic nitrogens is 3. The normalized spacial score (nSPS) is 13.0. The SMILES string of the molecule is CC(C)(C)c1ccnc(-c2[c-]cc(F)cc2)c1.[2H]C([2H])([2H])c1c[c-]c(-c2nccc(C(C)(C)C)n2)c2oc3cc4c(ccc5ccccc54)cc3c12.[Ir]. The Morgan fingerprint density at radius 3 is 2.26 bits per heavy atom. The minimum Gasteiger partial charge on any atom is -0.501 e. The van der Waals surface area contributed by atoms with Gasteiger partial charge in [0.2, 0.25) is 0 Å². The van der Waals surface area contributed by atoms with Crippen molar-refractivity contribution >= 4 is 43.5 Å². The largest absolute Gasteiger partial charge is 0.501 e. The summed E-state index contributed by atoms with van der Waals surface area (Å²) in [4.78, 5) is 13.6. The zero-order valence-corrected chi connectivity index (χ0v) is 31.2. The second-order valence-electron chi connectivity index (χ2n) is 14.4. The third-order valence-electron chi connectivity index (χ3n) is 8.74. The fraction of sp³-hybridized carbons (Fsp3) is 0.205. The predicted molar refractivity (Wildman–Crippen MR) is 199 cm³/mol. The van der Waals surface area contributed by atoms with Crippen molar-refractivity contribution in [1.82, 2.24) is 15.0 Å². The molecule has 0 bridgehead atoms. The Labute approximate surface area is 310 Å². The molecule has 0 aliphatic rings. The summed E-state index contributed by atoms with van der Waals surface area (Å²) in [5.41, 5.74) is 5.50. The van der Waals surface area contributed by atoms with Gasteiger partial charge in [-0.3, -0.25) is 14.4 Å². The molecule has 0 fully saturated rings. The second-order valence-corrected chi connectivity index (χ2v) is 14.4. The molecule has 253 valence electrons. The summed E-state index contributed by atoms with van der Waals surface area (Å²) < 4.78 is 43.7. The van der Waals surface area contributed by atoms with E-state index in [0.717, 1.165) is 43.9 Å². The van der Waals surface area contributed by atoms with Crippen molar-refractivity contribution in [1.29, 1.82) is 0 Å². The Hall–Kier alpha value is -4.77. The third-order valence-corrected chi connectivity index (χ3v) is 8.74. The topological polar surface area (TPSA) is 51.8 Å². The van der Waals surface area contributed by atoms with E-state index in [1.54, 1.807) is 18.5 Å². The number of hydrogen-bond acceptors (Lipinski definition) is 4. The molecule has 0 N–H and O–H groups in total. The van der Waals surface area contributed by atoms with Crippen LogP contribution in [0.3, 0.4) is 0 Å². The van der Waals surface area contributed by atoms with Gasteiger partial charge in [-0.15, -0.1) is 47.5 Å². The maximum atomic E-state index is 12.8. The molecule has 0 unspecified atom stereocenters. The van der Waals surface area contributed by atoms with Gasteiger partial charge in [0, 0.05) is 58.9 Å². The molecule has 0 aliphatic heterocycles. The van der Waals surface area contributed by atoms with E-state index in [0.29, 0.717) is 27.9 Å². The number of rotatable bonds is 2. The molecule has 4 nitrogen and oxygen atoms in total. The van der Waals surface area contributed by atoms with E-state index in [4.69, 9.17) is 13.5 Å². The first-order chi connectivity index (χ1) is 24.6. The van der Waals surface area contributed by atoms with Gasteiger partial charge >= 0.3 is 0 Å². The zero-order valence-electron chi connectivity index (χ0n) is 31.8. The molecule has 3 heterocycles. The van der Waals surface area contributed by atoms with Crippen molar-refractivity contribution in [3.8, 4) is 22.6 Å². The van der Waals surface area contributed by atoms with E-state index < -0.39 is 6.85 Å². The van der Waals surface area contributed by atoms with Crippen molar-refractivity contribution in [3.63, 3.8) is 0 Å². The fourth-order valence-corrected chi connectivity index (χ4v) is 6.00. The van der Waals surface area contributed by atoms with Gasteiger partial charge < -0.3 is 9.40 Å². The van der Waals surface area contributed by atoms with Crippen molar-refractivity contribution in [3.05, 3.63) is 138 Å². The summed E-state index contributed by atoms with van der Waals surface area (Å²) in [7, 11) is 0. The number of furan rings is 1. The third kappa shape index (κ3) is 6.83. The molecule has 0 saturated heterocycles. The van der Waals surface area contributed by atoms with Gasteiger partial charge in [-0.05, 0) is 62.5 Å². The van der Waals surface area contributed by atoms with Gasteiger partial charge in [-0.25, -0.2) is 0 Å². The Morgan fingerprint density at radius 1 is 0.740 bits per heavy atom. The van der Waals surface area contributed by atoms with Gasteiger partial charge in [0.05, 0.1) is 11.4 Å². The number of pyridine rings is 1. The summed E-state index contributed by atoms with van der Waals surface area (Å²) >= 11 is 0. The number of aryl methyl sites for hydroxylation is 1. The molecule has 3 aromatic heterocycles. The van der Waals surface area contributed by atoms with Gasteiger partial charge in [-0.1, -0.05) is 102 Å². The zero-order chi connectivity index (χ0) is 37.0. The maximum absolute atomic E-state index is 12.8. The van der Waals surface area contributed by atoms with Gasteiger partial charge in [0.1, 0.15) is 5.58 Å². The Balaban J connectivity index is 0.000000226. The van der Waals surface area contributed by atoms with Crippen LogP contribution >= 0.6 is 0 Å². The molecule has 0 atom stereocenters. The number of fused-ring (bicyclic) bond motifs is 6. The average molecular weight is 839 g/mol. The molecular formula is C44H38FIrN3O-2. The van der Waals surface area contributed by atoms with E-state index in [1.807, 2.05) is 42.5 Å². The summed E-state index contributed by atoms with van der Waals surface area (Å²) in [6.45, 7) is 10.4. The molecule has 1 radical (unpaired) electrons. The quantitative estimate of drug-likeness (QED) is 0.129. The number of hydrogen-bond donors (Lipinski definition) is 0. The van der Waals surface area contributed by atoms with E-state index in [1.165, 1.54) is 23.8 Å². The molecular weight excluding hydrogens is 798 g/mol. The van der Waals surface area contributed by atoms with Crippen molar-refractivity contribution in [2.75, 3.05) is 0 Å². The van der Waals surface area contributed by atoms with Gasteiger partial charge in [0.15, 0.2) is 0 Å². The van der Waals surface area contributed by atoms with Crippen LogP contribution in [0.15, 0.2) is 108 Å². The smallest absolute Gasteiger partial charge is 0.121 e. The first kappa shape index (κ1) is 31.2. The number of benzene rings is 5. The van der Waals surface area contributed by atoms with Crippen LogP contribution in [0.1, 0.15) is 62.5 Å². The van der Waals surface area contributed by atoms with Gasteiger partial charge in [-0.2, -0.15) is 0 Å². The molecule has 5 aromatic carbocycles. The maximum Gasteiger partial charge on any atom is 0.121 e. The number of halogens is 1. The molecule has 50 heavy (non-hydrogen) atoms. The van der Waals surface area contributed by atoms with Crippen LogP contribution < -0.4 is 0 Å². The molecule has 8 aromatic rings. The first-order valence-electron chi connectivity index (χ1n) is 17.8. The Bertz CT molecular complexity index is 2600. The Kier molecular flexibility index (Phi) is 8.44. The first-order valence-corrected chi connectivity index (χ1v) is 16.3. The molecule has 8 rings (SSSR count). The van der Waals surface area contributed by atoms with Crippen molar-refractivity contribution in [2.24, 2.45) is 0 Å². The summed E-state index contributed by atoms with van der Waals surface area (Å²) in [6.07, 6.45) is 3.51. The molecule has 0 amide bonds. The van der Waals surface area contributed by atoms with E-state index in [-0.39, 0.29) is 42.3 Å². The van der Waals surface area contributed by atoms with Crippen LogP contribution in [0.5, 0.6) is 0 Å². The Morgan fingerprint density at radius 2 is 1.52 bits per heavy atom. The molecule has 0 aliphatic carbocycles. The number of nitrogens with zero attached hydrogens (tertiary/aromatic N) is 3. The summed E-state index contributed by atoms with van der Waals surface area (Å²) in [5.74, 6) is 0.189. The fourth-order valence-electron chi connectivity index (χ4n) is 6.00. The van der Waals surface area contributed by atoms with E-state index >= 15 is 0 Å². The molecule has 6 heteroatoms. The minimum absolute atomic E-state index is 0. The second kappa shape index (κ2) is 13.5. The van der Waals surface area contributed by atoms with Crippen LogP contribution in [0.2, 0.25) is 0 Å². The monoisotopic (exact) mass is 839 g/mol. The van der Waals surface area contributed by atoms with Gasteiger partial charge in [0.25, 0.3) is 0 Å². The predicted octanol–water partition coefficient (Wildman–Crippen LogP) is 11.7. The van der Waals surface area contributed by atoms with Crippen LogP contribution in [0.25, 0.3) is 66.1 Å². The molecule has 0 spiro atoms. The van der Waals surface area contributed by atoms with Crippen molar-refractivity contribution in [2.45, 2.75) is 59.2 Å². The minimum atomic E-state index is -2.32. The van der Waals surface area contributed by atoms with Crippen LogP contribution in [-0.4, -0.2) is 15.0 Å². The van der Waals surface area contributed by atoms with Crippen molar-refractivity contribution < 1.29 is 33.0 Å². The molecule has 0 saturated carbocycles. The average Bonchev–Trinajstić information content (AvgIpc) is 3.48. The van der Waals surface area contributed by atoms with Crippen LogP contribution in [0, 0.1) is 24.8 Å². The van der Waals surface area contributed by atoms with Crippen LogP contribution in [-0.2, 0) is 30.9 Å². The standard InChI is InChI=1S/C29H23N2O.C15H15FN.Ir/c1-17-9-12-21(28-30-14-13-25(31-28)29(2,3)4)27-26(17)23-15-19-11-10-18-7-5-6-8-20(18)22(19)16-24(23)32-27;1-15(2,3)12-8-9-17-14(10-12)11-4-6-13(16)7-5-11;/h5-11,13-16H,1-4H3;4,6-10H,1-3H3;/q2*-1;/i1D3;;. The summed E-state index contributed by atoms with van der Waals surface area (Å²) in [6, 6.07) is 34.3. The van der Waals surface area contributed by atoms with Crippen LogP contribution in [0.4, 0.5) is 4.39 Å². The van der Waals surface area contributed by atoms with E-state index in [2.05, 4.69) is 87.9 Å².